The van der Waals surface area contributed by atoms with Crippen LogP contribution in [-0.2, 0) is 16.2 Å². The van der Waals surface area contributed by atoms with Gasteiger partial charge in [-0.05, 0) is 28.4 Å². The molecule has 0 saturated carbocycles. The molecule has 0 amide bonds. The number of para-hydroxylation sites is 1. The summed E-state index contributed by atoms with van der Waals surface area (Å²) in [5, 5.41) is 14.1. The molecule has 1 N–H and O–H groups in total. The second-order valence-electron chi connectivity index (χ2n) is 4.52. The molecule has 0 bridgehead atoms. The van der Waals surface area contributed by atoms with Crippen LogP contribution in [0.25, 0.3) is 0 Å². The van der Waals surface area contributed by atoms with E-state index in [1.165, 1.54) is 14.2 Å². The van der Waals surface area contributed by atoms with Crippen LogP contribution in [0.1, 0.15) is 17.2 Å². The number of aliphatic hydroxyl groups excluding tert-OH is 1. The van der Waals surface area contributed by atoms with Crippen LogP contribution in [0, 0.1) is 0 Å². The predicted octanol–water partition coefficient (Wildman–Crippen LogP) is 2.91. The molecule has 0 aromatic heterocycles. The molecule has 22 heavy (non-hydrogen) atoms. The summed E-state index contributed by atoms with van der Waals surface area (Å²) in [6, 6.07) is 16.9. The number of oxime groups is 1. The zero-order chi connectivity index (χ0) is 15.8. The number of methoxy groups -OCH3 is 1. The molecule has 0 aliphatic rings. The molecule has 5 heteroatoms. The second-order valence-corrected chi connectivity index (χ2v) is 4.52. The molecule has 0 radical (unpaired) electrons. The molecule has 2 aromatic carbocycles. The van der Waals surface area contributed by atoms with Gasteiger partial charge in [0.15, 0.2) is 6.10 Å². The molecule has 0 fully saturated rings. The molecule has 2 rings (SSSR count). The molecule has 0 aliphatic heterocycles. The third-order valence-electron chi connectivity index (χ3n) is 3.11. The Kier molecular flexibility index (Phi) is 5.80. The first-order valence-corrected chi connectivity index (χ1v) is 6.85. The predicted molar refractivity (Wildman–Crippen MR) is 83.6 cm³/mol. The minimum atomic E-state index is -1.01. The molecular formula is C17H19NO4. The number of aliphatic hydroxyl groups is 1. The minimum Gasteiger partial charge on any atom is -0.489 e. The summed E-state index contributed by atoms with van der Waals surface area (Å²) in [4.78, 5) is 4.68. The van der Waals surface area contributed by atoms with Gasteiger partial charge in [0.2, 0.25) is 0 Å². The number of nitrogens with zero attached hydrogens (tertiary/aromatic N) is 1. The fourth-order valence-electron chi connectivity index (χ4n) is 2.03. The number of ether oxygens (including phenoxy) is 2. The summed E-state index contributed by atoms with van der Waals surface area (Å²) in [5.74, 6) is 0.860. The minimum absolute atomic E-state index is 0.0923. The summed E-state index contributed by atoms with van der Waals surface area (Å²) in [5.41, 5.74) is 1.51. The van der Waals surface area contributed by atoms with E-state index in [2.05, 4.69) is 9.99 Å². The van der Waals surface area contributed by atoms with Gasteiger partial charge >= 0.3 is 0 Å². The molecule has 0 heterocycles. The summed E-state index contributed by atoms with van der Waals surface area (Å²) in [6.07, 6.45) is -1.01. The van der Waals surface area contributed by atoms with Crippen LogP contribution in [0.4, 0.5) is 0 Å². The van der Waals surface area contributed by atoms with E-state index >= 15 is 0 Å². The number of hydrogen-bond acceptors (Lipinski definition) is 5. The first-order valence-electron chi connectivity index (χ1n) is 6.85. The number of benzene rings is 2. The maximum absolute atomic E-state index is 10.4. The van der Waals surface area contributed by atoms with Gasteiger partial charge < -0.3 is 19.4 Å². The van der Waals surface area contributed by atoms with Crippen LogP contribution in [0.2, 0.25) is 0 Å². The Morgan fingerprint density at radius 3 is 2.41 bits per heavy atom. The van der Waals surface area contributed by atoms with Crippen molar-refractivity contribution in [1.82, 2.24) is 0 Å². The Hall–Kier alpha value is -2.53. The van der Waals surface area contributed by atoms with E-state index in [1.54, 1.807) is 6.07 Å². The fraction of sp³-hybridized carbons (Fsp3) is 0.235. The van der Waals surface area contributed by atoms with E-state index in [9.17, 15) is 5.11 Å². The lowest BCUT2D eigenvalue weighted by Crippen LogP contribution is -2.17. The van der Waals surface area contributed by atoms with Crippen molar-refractivity contribution in [1.29, 1.82) is 0 Å². The molecule has 2 aromatic rings. The molecular weight excluding hydrogens is 282 g/mol. The van der Waals surface area contributed by atoms with Gasteiger partial charge in [-0.3, -0.25) is 0 Å². The molecule has 1 atom stereocenters. The van der Waals surface area contributed by atoms with Crippen molar-refractivity contribution >= 4 is 5.90 Å². The smallest absolute Gasteiger partial charge is 0.259 e. The zero-order valence-corrected chi connectivity index (χ0v) is 12.6. The molecule has 1 unspecified atom stereocenters. The van der Waals surface area contributed by atoms with Crippen LogP contribution in [-0.4, -0.2) is 25.2 Å². The van der Waals surface area contributed by atoms with E-state index < -0.39 is 6.10 Å². The normalized spacial score (nSPS) is 12.6. The van der Waals surface area contributed by atoms with Crippen molar-refractivity contribution in [3.8, 4) is 5.75 Å². The highest BCUT2D eigenvalue weighted by atomic mass is 16.6. The summed E-state index contributed by atoms with van der Waals surface area (Å²) in [7, 11) is 2.83. The molecule has 116 valence electrons. The van der Waals surface area contributed by atoms with Gasteiger partial charge in [-0.15, -0.1) is 0 Å². The molecule has 0 saturated heterocycles. The summed E-state index contributed by atoms with van der Waals surface area (Å²) < 4.78 is 10.8. The van der Waals surface area contributed by atoms with Crippen molar-refractivity contribution in [3.05, 3.63) is 65.7 Å². The van der Waals surface area contributed by atoms with Crippen molar-refractivity contribution < 1.29 is 19.4 Å². The highest BCUT2D eigenvalue weighted by Gasteiger charge is 2.20. The topological polar surface area (TPSA) is 60.3 Å². The van der Waals surface area contributed by atoms with Gasteiger partial charge in [0.05, 0.1) is 7.11 Å². The van der Waals surface area contributed by atoms with Gasteiger partial charge in [-0.25, -0.2) is 0 Å². The van der Waals surface area contributed by atoms with E-state index in [0.29, 0.717) is 12.2 Å². The quantitative estimate of drug-likeness (QED) is 0.506. The van der Waals surface area contributed by atoms with Crippen molar-refractivity contribution in [2.24, 2.45) is 5.16 Å². The van der Waals surface area contributed by atoms with E-state index in [-0.39, 0.29) is 5.90 Å². The molecule has 0 spiro atoms. The van der Waals surface area contributed by atoms with Crippen LogP contribution < -0.4 is 4.74 Å². The third-order valence-corrected chi connectivity index (χ3v) is 3.11. The number of hydrogen-bond donors (Lipinski definition) is 1. The van der Waals surface area contributed by atoms with Crippen molar-refractivity contribution in [3.63, 3.8) is 0 Å². The third kappa shape index (κ3) is 3.99. The summed E-state index contributed by atoms with van der Waals surface area (Å²) in [6.45, 7) is 0.335. The Morgan fingerprint density at radius 2 is 1.73 bits per heavy atom. The average Bonchev–Trinajstić information content (AvgIpc) is 2.58. The fourth-order valence-corrected chi connectivity index (χ4v) is 2.03. The Labute approximate surface area is 129 Å². The Morgan fingerprint density at radius 1 is 1.05 bits per heavy atom. The largest absolute Gasteiger partial charge is 0.489 e. The van der Waals surface area contributed by atoms with E-state index in [4.69, 9.17) is 9.47 Å². The first kappa shape index (κ1) is 15.9. The molecule has 5 nitrogen and oxygen atoms in total. The van der Waals surface area contributed by atoms with Gasteiger partial charge in [-0.2, -0.15) is 0 Å². The van der Waals surface area contributed by atoms with Crippen LogP contribution in [0.15, 0.2) is 59.8 Å². The van der Waals surface area contributed by atoms with Crippen LogP contribution in [0.3, 0.4) is 0 Å². The monoisotopic (exact) mass is 301 g/mol. The van der Waals surface area contributed by atoms with E-state index in [0.717, 1.165) is 11.3 Å². The average molecular weight is 301 g/mol. The zero-order valence-electron chi connectivity index (χ0n) is 12.6. The lowest BCUT2D eigenvalue weighted by molar-refractivity contribution is 0.160. The second kappa shape index (κ2) is 8.05. The highest BCUT2D eigenvalue weighted by Crippen LogP contribution is 2.22. The SMILES string of the molecule is CON=C(OC)C(O)c1ccccc1COc1ccccc1. The standard InChI is InChI=1S/C17H19NO4/c1-20-17(18-21-2)16(19)15-11-7-6-8-13(15)12-22-14-9-4-3-5-10-14/h3-11,16,19H,12H2,1-2H3. The van der Waals surface area contributed by atoms with Gasteiger partial charge in [0, 0.05) is 0 Å². The molecule has 0 aliphatic carbocycles. The lowest BCUT2D eigenvalue weighted by Gasteiger charge is -2.16. The van der Waals surface area contributed by atoms with Gasteiger partial charge in [0.25, 0.3) is 5.90 Å². The van der Waals surface area contributed by atoms with E-state index in [1.807, 2.05) is 48.5 Å². The highest BCUT2D eigenvalue weighted by molar-refractivity contribution is 5.81. The lowest BCUT2D eigenvalue weighted by atomic mass is 10.0. The van der Waals surface area contributed by atoms with Crippen LogP contribution in [0.5, 0.6) is 5.75 Å². The van der Waals surface area contributed by atoms with Gasteiger partial charge in [0.1, 0.15) is 19.5 Å². The summed E-state index contributed by atoms with van der Waals surface area (Å²) >= 11 is 0. The van der Waals surface area contributed by atoms with Crippen molar-refractivity contribution in [2.75, 3.05) is 14.2 Å². The maximum atomic E-state index is 10.4. The first-order chi connectivity index (χ1) is 10.8. The Bertz CT molecular complexity index is 613. The van der Waals surface area contributed by atoms with Gasteiger partial charge in [-0.1, -0.05) is 42.5 Å². The Balaban J connectivity index is 2.17. The maximum Gasteiger partial charge on any atom is 0.259 e. The van der Waals surface area contributed by atoms with Crippen molar-refractivity contribution in [2.45, 2.75) is 12.7 Å². The number of rotatable bonds is 6. The van der Waals surface area contributed by atoms with Crippen LogP contribution >= 0.6 is 0 Å².